The second kappa shape index (κ2) is 10.0. The molecule has 0 aliphatic heterocycles. The summed E-state index contributed by atoms with van der Waals surface area (Å²) in [5.41, 5.74) is 7.21. The van der Waals surface area contributed by atoms with E-state index < -0.39 is 0 Å². The first-order valence-corrected chi connectivity index (χ1v) is 10.2. The molecule has 0 aromatic heterocycles. The highest BCUT2D eigenvalue weighted by atomic mass is 14.0. The van der Waals surface area contributed by atoms with Crippen LogP contribution in [0.1, 0.15) is 33.4 Å². The third-order valence-corrected chi connectivity index (χ3v) is 4.94. The van der Waals surface area contributed by atoms with Gasteiger partial charge in [0.25, 0.3) is 0 Å². The van der Waals surface area contributed by atoms with Crippen LogP contribution in [0.2, 0.25) is 0 Å². The molecule has 144 valence electrons. The Morgan fingerprint density at radius 3 is 0.867 bits per heavy atom. The van der Waals surface area contributed by atoms with Gasteiger partial charge >= 0.3 is 0 Å². The van der Waals surface area contributed by atoms with E-state index in [1.165, 1.54) is 33.4 Å². The summed E-state index contributed by atoms with van der Waals surface area (Å²) in [7, 11) is 0. The first-order valence-electron chi connectivity index (χ1n) is 10.2. The smallest absolute Gasteiger partial charge is 0.0184 e. The van der Waals surface area contributed by atoms with Gasteiger partial charge < -0.3 is 0 Å². The van der Waals surface area contributed by atoms with E-state index in [0.717, 1.165) is 0 Å². The molecule has 0 heteroatoms. The summed E-state index contributed by atoms with van der Waals surface area (Å²) in [6, 6.07) is 37.7. The van der Waals surface area contributed by atoms with E-state index in [1.54, 1.807) is 0 Å². The van der Waals surface area contributed by atoms with Crippen LogP contribution in [-0.2, 0) is 0 Å². The molecule has 0 N–H and O–H groups in total. The Kier molecular flexibility index (Phi) is 6.50. The first-order chi connectivity index (χ1) is 14.9. The van der Waals surface area contributed by atoms with Gasteiger partial charge in [0, 0.05) is 0 Å². The molecule has 0 radical (unpaired) electrons. The lowest BCUT2D eigenvalue weighted by Crippen LogP contribution is -1.82. The van der Waals surface area contributed by atoms with Gasteiger partial charge in [0.1, 0.15) is 0 Å². The quantitative estimate of drug-likeness (QED) is 0.294. The van der Waals surface area contributed by atoms with E-state index >= 15 is 0 Å². The second-order valence-electron chi connectivity index (χ2n) is 7.08. The maximum absolute atomic E-state index is 2.19. The van der Waals surface area contributed by atoms with Crippen molar-refractivity contribution in [2.45, 2.75) is 0 Å². The molecule has 4 rings (SSSR count). The SMILES string of the molecule is C(=C/c1ccccc1/C=C/c1ccccc1)/c1ccccc1/C=C/c1ccccc1. The minimum absolute atomic E-state index is 1.20. The summed E-state index contributed by atoms with van der Waals surface area (Å²) in [5.74, 6) is 0. The zero-order chi connectivity index (χ0) is 20.4. The van der Waals surface area contributed by atoms with Crippen molar-refractivity contribution in [1.82, 2.24) is 0 Å². The van der Waals surface area contributed by atoms with Crippen molar-refractivity contribution in [1.29, 1.82) is 0 Å². The zero-order valence-electron chi connectivity index (χ0n) is 16.9. The predicted molar refractivity (Wildman–Crippen MR) is 133 cm³/mol. The average molecular weight is 385 g/mol. The van der Waals surface area contributed by atoms with Gasteiger partial charge in [-0.25, -0.2) is 0 Å². The molecule has 0 heterocycles. The molecular formula is C30H24. The van der Waals surface area contributed by atoms with Crippen molar-refractivity contribution < 1.29 is 0 Å². The summed E-state index contributed by atoms with van der Waals surface area (Å²) < 4.78 is 0. The van der Waals surface area contributed by atoms with E-state index in [-0.39, 0.29) is 0 Å². The Morgan fingerprint density at radius 1 is 0.267 bits per heavy atom. The lowest BCUT2D eigenvalue weighted by Gasteiger charge is -2.03. The van der Waals surface area contributed by atoms with Crippen LogP contribution >= 0.6 is 0 Å². The maximum Gasteiger partial charge on any atom is -0.0184 e. The molecule has 0 aliphatic rings. The molecule has 0 nitrogen and oxygen atoms in total. The molecule has 0 saturated carbocycles. The fraction of sp³-hybridized carbons (Fsp3) is 0. The van der Waals surface area contributed by atoms with E-state index in [9.17, 15) is 0 Å². The number of benzene rings is 4. The molecule has 0 bridgehead atoms. The molecule has 0 amide bonds. The summed E-state index contributed by atoms with van der Waals surface area (Å²) in [4.78, 5) is 0. The molecule has 0 saturated heterocycles. The first kappa shape index (κ1) is 19.4. The Balaban J connectivity index is 1.58. The van der Waals surface area contributed by atoms with Crippen LogP contribution in [0.25, 0.3) is 36.5 Å². The minimum atomic E-state index is 1.20. The molecule has 4 aromatic carbocycles. The second-order valence-corrected chi connectivity index (χ2v) is 7.08. The highest BCUT2D eigenvalue weighted by Crippen LogP contribution is 2.19. The zero-order valence-corrected chi connectivity index (χ0v) is 16.9. The van der Waals surface area contributed by atoms with Gasteiger partial charge in [-0.3, -0.25) is 0 Å². The van der Waals surface area contributed by atoms with E-state index in [4.69, 9.17) is 0 Å². The third-order valence-electron chi connectivity index (χ3n) is 4.94. The molecule has 4 aromatic rings. The van der Waals surface area contributed by atoms with E-state index in [1.807, 2.05) is 12.1 Å². The van der Waals surface area contributed by atoms with Crippen LogP contribution in [-0.4, -0.2) is 0 Å². The van der Waals surface area contributed by atoms with Gasteiger partial charge in [0.2, 0.25) is 0 Å². The van der Waals surface area contributed by atoms with Gasteiger partial charge in [-0.1, -0.05) is 146 Å². The van der Waals surface area contributed by atoms with Crippen LogP contribution in [0, 0.1) is 0 Å². The average Bonchev–Trinajstić information content (AvgIpc) is 2.82. The van der Waals surface area contributed by atoms with Gasteiger partial charge in [0.05, 0.1) is 0 Å². The Bertz CT molecular complexity index is 1070. The molecular weight excluding hydrogens is 360 g/mol. The Labute approximate surface area is 179 Å². The molecule has 0 spiro atoms. The Morgan fingerprint density at radius 2 is 0.533 bits per heavy atom. The van der Waals surface area contributed by atoms with Crippen molar-refractivity contribution in [3.63, 3.8) is 0 Å². The van der Waals surface area contributed by atoms with Crippen molar-refractivity contribution in [3.8, 4) is 0 Å². The van der Waals surface area contributed by atoms with Crippen molar-refractivity contribution >= 4 is 36.5 Å². The van der Waals surface area contributed by atoms with Crippen molar-refractivity contribution in [3.05, 3.63) is 143 Å². The highest BCUT2D eigenvalue weighted by molar-refractivity contribution is 5.82. The molecule has 0 unspecified atom stereocenters. The third kappa shape index (κ3) is 5.33. The van der Waals surface area contributed by atoms with Crippen LogP contribution in [0.3, 0.4) is 0 Å². The molecule has 0 aliphatic carbocycles. The lowest BCUT2D eigenvalue weighted by atomic mass is 10.0. The highest BCUT2D eigenvalue weighted by Gasteiger charge is 1.98. The normalized spacial score (nSPS) is 11.6. The fourth-order valence-electron chi connectivity index (χ4n) is 3.31. The van der Waals surface area contributed by atoms with Gasteiger partial charge in [-0.2, -0.15) is 0 Å². The number of rotatable bonds is 6. The minimum Gasteiger partial charge on any atom is -0.0622 e. The monoisotopic (exact) mass is 384 g/mol. The Hall–Kier alpha value is -3.90. The molecule has 0 atom stereocenters. The summed E-state index contributed by atoms with van der Waals surface area (Å²) >= 11 is 0. The van der Waals surface area contributed by atoms with Crippen LogP contribution in [0.5, 0.6) is 0 Å². The lowest BCUT2D eigenvalue weighted by molar-refractivity contribution is 1.59. The van der Waals surface area contributed by atoms with Gasteiger partial charge in [-0.05, 0) is 33.4 Å². The predicted octanol–water partition coefficient (Wildman–Crippen LogP) is 8.20. The fourth-order valence-corrected chi connectivity index (χ4v) is 3.31. The van der Waals surface area contributed by atoms with Crippen molar-refractivity contribution in [2.24, 2.45) is 0 Å². The van der Waals surface area contributed by atoms with Crippen molar-refractivity contribution in [2.75, 3.05) is 0 Å². The van der Waals surface area contributed by atoms with Gasteiger partial charge in [0.15, 0.2) is 0 Å². The van der Waals surface area contributed by atoms with E-state index in [2.05, 4.69) is 134 Å². The summed E-state index contributed by atoms with van der Waals surface area (Å²) in [6.07, 6.45) is 13.1. The molecule has 0 fully saturated rings. The van der Waals surface area contributed by atoms with Gasteiger partial charge in [-0.15, -0.1) is 0 Å². The molecule has 30 heavy (non-hydrogen) atoms. The number of hydrogen-bond donors (Lipinski definition) is 0. The maximum atomic E-state index is 2.19. The largest absolute Gasteiger partial charge is 0.0622 e. The standard InChI is InChI=1S/C30H24/c1-3-11-25(12-4-1)19-21-27-15-7-9-17-29(27)23-24-30-18-10-8-16-28(30)22-20-26-13-5-2-6-14-26/h1-24H/b21-19+,22-20+,24-23-. The number of hydrogen-bond acceptors (Lipinski definition) is 0. The van der Waals surface area contributed by atoms with Crippen LogP contribution in [0.15, 0.2) is 109 Å². The summed E-state index contributed by atoms with van der Waals surface area (Å²) in [6.45, 7) is 0. The van der Waals surface area contributed by atoms with Crippen LogP contribution in [0.4, 0.5) is 0 Å². The van der Waals surface area contributed by atoms with Crippen LogP contribution < -0.4 is 0 Å². The topological polar surface area (TPSA) is 0 Å². The summed E-state index contributed by atoms with van der Waals surface area (Å²) in [5, 5.41) is 0. The van der Waals surface area contributed by atoms with E-state index in [0.29, 0.717) is 0 Å².